The summed E-state index contributed by atoms with van der Waals surface area (Å²) in [6.45, 7) is 8.68. The molecule has 1 aromatic rings. The van der Waals surface area contributed by atoms with Crippen molar-refractivity contribution in [2.24, 2.45) is 5.92 Å². The SMILES string of the molecule is CC(C)Cc1nc(C(C)C)sc1N. The lowest BCUT2D eigenvalue weighted by atomic mass is 10.1. The van der Waals surface area contributed by atoms with Crippen molar-refractivity contribution < 1.29 is 0 Å². The molecule has 0 aliphatic carbocycles. The quantitative estimate of drug-likeness (QED) is 0.810. The number of nitrogen functional groups attached to an aromatic ring is 1. The fourth-order valence-corrected chi connectivity index (χ4v) is 2.03. The number of aromatic nitrogens is 1. The van der Waals surface area contributed by atoms with Gasteiger partial charge >= 0.3 is 0 Å². The van der Waals surface area contributed by atoms with Gasteiger partial charge in [-0.25, -0.2) is 4.98 Å². The Labute approximate surface area is 84.2 Å². The van der Waals surface area contributed by atoms with E-state index in [9.17, 15) is 0 Å². The highest BCUT2D eigenvalue weighted by Crippen LogP contribution is 2.28. The summed E-state index contributed by atoms with van der Waals surface area (Å²) in [5.74, 6) is 1.12. The van der Waals surface area contributed by atoms with Crippen LogP contribution in [0, 0.1) is 5.92 Å². The molecule has 1 heterocycles. The molecule has 13 heavy (non-hydrogen) atoms. The van der Waals surface area contributed by atoms with Crippen molar-refractivity contribution in [1.29, 1.82) is 0 Å². The van der Waals surface area contributed by atoms with Gasteiger partial charge < -0.3 is 5.73 Å². The zero-order chi connectivity index (χ0) is 10.0. The highest BCUT2D eigenvalue weighted by molar-refractivity contribution is 7.15. The summed E-state index contributed by atoms with van der Waals surface area (Å²) in [5.41, 5.74) is 6.97. The van der Waals surface area contributed by atoms with E-state index in [0.717, 1.165) is 22.1 Å². The van der Waals surface area contributed by atoms with E-state index in [0.29, 0.717) is 11.8 Å². The average molecular weight is 198 g/mol. The van der Waals surface area contributed by atoms with Gasteiger partial charge in [0.25, 0.3) is 0 Å². The van der Waals surface area contributed by atoms with E-state index in [4.69, 9.17) is 5.73 Å². The molecule has 0 saturated carbocycles. The van der Waals surface area contributed by atoms with Crippen molar-refractivity contribution in [2.45, 2.75) is 40.0 Å². The van der Waals surface area contributed by atoms with Crippen LogP contribution in [-0.4, -0.2) is 4.98 Å². The van der Waals surface area contributed by atoms with Crippen LogP contribution < -0.4 is 5.73 Å². The van der Waals surface area contributed by atoms with E-state index in [1.54, 1.807) is 11.3 Å². The Bertz CT molecular complexity index is 276. The molecule has 0 spiro atoms. The van der Waals surface area contributed by atoms with Gasteiger partial charge in [-0.15, -0.1) is 11.3 Å². The van der Waals surface area contributed by atoms with Crippen molar-refractivity contribution in [3.05, 3.63) is 10.7 Å². The zero-order valence-electron chi connectivity index (χ0n) is 8.79. The van der Waals surface area contributed by atoms with Crippen molar-refractivity contribution in [1.82, 2.24) is 4.98 Å². The third-order valence-electron chi connectivity index (χ3n) is 1.84. The summed E-state index contributed by atoms with van der Waals surface area (Å²) >= 11 is 1.63. The first-order valence-corrected chi connectivity index (χ1v) is 5.57. The van der Waals surface area contributed by atoms with Crippen LogP contribution in [0.3, 0.4) is 0 Å². The molecule has 0 radical (unpaired) electrons. The number of nitrogens with zero attached hydrogens (tertiary/aromatic N) is 1. The predicted octanol–water partition coefficient (Wildman–Crippen LogP) is 3.05. The van der Waals surface area contributed by atoms with Crippen molar-refractivity contribution in [2.75, 3.05) is 5.73 Å². The summed E-state index contributed by atoms with van der Waals surface area (Å²) < 4.78 is 0. The third kappa shape index (κ3) is 2.69. The second-order valence-electron chi connectivity index (χ2n) is 4.12. The molecule has 1 aromatic heterocycles. The molecule has 0 aromatic carbocycles. The summed E-state index contributed by atoms with van der Waals surface area (Å²) in [5, 5.41) is 2.06. The van der Waals surface area contributed by atoms with E-state index in [-0.39, 0.29) is 0 Å². The highest BCUT2D eigenvalue weighted by atomic mass is 32.1. The van der Waals surface area contributed by atoms with E-state index in [1.807, 2.05) is 0 Å². The summed E-state index contributed by atoms with van der Waals surface area (Å²) in [6.07, 6.45) is 0.995. The monoisotopic (exact) mass is 198 g/mol. The summed E-state index contributed by atoms with van der Waals surface area (Å²) in [6, 6.07) is 0. The van der Waals surface area contributed by atoms with Crippen LogP contribution in [-0.2, 0) is 6.42 Å². The molecule has 0 amide bonds. The topological polar surface area (TPSA) is 38.9 Å². The van der Waals surface area contributed by atoms with E-state index >= 15 is 0 Å². The minimum atomic E-state index is 0.494. The third-order valence-corrected chi connectivity index (χ3v) is 3.07. The van der Waals surface area contributed by atoms with Crippen LogP contribution in [0.25, 0.3) is 0 Å². The average Bonchev–Trinajstić information content (AvgIpc) is 2.31. The van der Waals surface area contributed by atoms with Crippen LogP contribution in [0.15, 0.2) is 0 Å². The van der Waals surface area contributed by atoms with Gasteiger partial charge in [-0.1, -0.05) is 27.7 Å². The zero-order valence-corrected chi connectivity index (χ0v) is 9.61. The predicted molar refractivity (Wildman–Crippen MR) is 59.2 cm³/mol. The minimum absolute atomic E-state index is 0.494. The lowest BCUT2D eigenvalue weighted by Gasteiger charge is -2.01. The first-order valence-electron chi connectivity index (χ1n) is 4.75. The number of nitrogens with two attached hydrogens (primary N) is 1. The molecule has 1 rings (SSSR count). The van der Waals surface area contributed by atoms with Gasteiger partial charge in [0, 0.05) is 5.92 Å². The number of hydrogen-bond donors (Lipinski definition) is 1. The van der Waals surface area contributed by atoms with E-state index in [2.05, 4.69) is 32.7 Å². The Balaban J connectivity index is 2.83. The smallest absolute Gasteiger partial charge is 0.109 e. The Morgan fingerprint density at radius 3 is 2.31 bits per heavy atom. The number of thiazole rings is 1. The fourth-order valence-electron chi connectivity index (χ4n) is 1.16. The van der Waals surface area contributed by atoms with Gasteiger partial charge in [0.05, 0.1) is 10.7 Å². The molecule has 0 unspecified atom stereocenters. The van der Waals surface area contributed by atoms with Crippen LogP contribution in [0.2, 0.25) is 0 Å². The summed E-state index contributed by atoms with van der Waals surface area (Å²) in [7, 11) is 0. The molecule has 0 fully saturated rings. The van der Waals surface area contributed by atoms with Crippen LogP contribution in [0.1, 0.15) is 44.3 Å². The first kappa shape index (κ1) is 10.5. The maximum atomic E-state index is 5.88. The normalized spacial score (nSPS) is 11.5. The van der Waals surface area contributed by atoms with Crippen LogP contribution in [0.4, 0.5) is 5.00 Å². The van der Waals surface area contributed by atoms with Crippen LogP contribution >= 0.6 is 11.3 Å². The molecule has 2 N–H and O–H groups in total. The fraction of sp³-hybridized carbons (Fsp3) is 0.700. The largest absolute Gasteiger partial charge is 0.389 e. The molecule has 0 bridgehead atoms. The van der Waals surface area contributed by atoms with E-state index < -0.39 is 0 Å². The standard InChI is InChI=1S/C10H18N2S/c1-6(2)5-8-9(11)13-10(12-8)7(3)4/h6-7H,5,11H2,1-4H3. The van der Waals surface area contributed by atoms with Crippen molar-refractivity contribution in [3.63, 3.8) is 0 Å². The molecule has 0 aliphatic rings. The maximum Gasteiger partial charge on any atom is 0.109 e. The van der Waals surface area contributed by atoms with E-state index in [1.165, 1.54) is 0 Å². The van der Waals surface area contributed by atoms with Gasteiger partial charge in [0.2, 0.25) is 0 Å². The Kier molecular flexibility index (Phi) is 3.31. The maximum absolute atomic E-state index is 5.88. The Hall–Kier alpha value is -0.570. The number of anilines is 1. The molecule has 74 valence electrons. The molecule has 0 saturated heterocycles. The molecule has 0 atom stereocenters. The molecule has 0 aliphatic heterocycles. The summed E-state index contributed by atoms with van der Waals surface area (Å²) in [4.78, 5) is 4.54. The van der Waals surface area contributed by atoms with Gasteiger partial charge in [-0.05, 0) is 12.3 Å². The molecule has 3 heteroatoms. The lowest BCUT2D eigenvalue weighted by Crippen LogP contribution is -1.98. The second-order valence-corrected chi connectivity index (χ2v) is 5.18. The van der Waals surface area contributed by atoms with Gasteiger partial charge in [0.15, 0.2) is 0 Å². The van der Waals surface area contributed by atoms with Gasteiger partial charge in [-0.2, -0.15) is 0 Å². The number of hydrogen-bond acceptors (Lipinski definition) is 3. The first-order chi connectivity index (χ1) is 6.00. The minimum Gasteiger partial charge on any atom is -0.389 e. The Morgan fingerprint density at radius 1 is 1.31 bits per heavy atom. The van der Waals surface area contributed by atoms with Crippen LogP contribution in [0.5, 0.6) is 0 Å². The number of rotatable bonds is 3. The molecule has 2 nitrogen and oxygen atoms in total. The van der Waals surface area contributed by atoms with Gasteiger partial charge in [-0.3, -0.25) is 0 Å². The lowest BCUT2D eigenvalue weighted by molar-refractivity contribution is 0.636. The van der Waals surface area contributed by atoms with Crippen molar-refractivity contribution in [3.8, 4) is 0 Å². The Morgan fingerprint density at radius 2 is 1.92 bits per heavy atom. The second kappa shape index (κ2) is 4.09. The molecular weight excluding hydrogens is 180 g/mol. The van der Waals surface area contributed by atoms with Gasteiger partial charge in [0.1, 0.15) is 5.00 Å². The van der Waals surface area contributed by atoms with Crippen molar-refractivity contribution >= 4 is 16.3 Å². The highest BCUT2D eigenvalue weighted by Gasteiger charge is 2.11. The molecular formula is C10H18N2S.